The highest BCUT2D eigenvalue weighted by Gasteiger charge is 2.14. The van der Waals surface area contributed by atoms with E-state index < -0.39 is 0 Å². The van der Waals surface area contributed by atoms with Gasteiger partial charge < -0.3 is 14.6 Å². The van der Waals surface area contributed by atoms with Crippen molar-refractivity contribution in [1.29, 1.82) is 0 Å². The fraction of sp³-hybridized carbons (Fsp3) is 0.200. The average molecular weight is 260 g/mol. The lowest BCUT2D eigenvalue weighted by Gasteiger charge is -2.19. The van der Waals surface area contributed by atoms with Gasteiger partial charge in [-0.15, -0.1) is 0 Å². The van der Waals surface area contributed by atoms with Crippen LogP contribution in [0, 0.1) is 5.82 Å². The predicted molar refractivity (Wildman–Crippen MR) is 68.7 cm³/mol. The van der Waals surface area contributed by atoms with Crippen LogP contribution in [-0.4, -0.2) is 18.3 Å². The van der Waals surface area contributed by atoms with Crippen molar-refractivity contribution in [2.45, 2.75) is 6.61 Å². The Bertz CT molecular complexity index is 610. The summed E-state index contributed by atoms with van der Waals surface area (Å²) in [5.41, 5.74) is 1.83. The maximum atomic E-state index is 13.9. The van der Waals surface area contributed by atoms with E-state index >= 15 is 0 Å². The Balaban J connectivity index is 2.06. The quantitative estimate of drug-likeness (QED) is 0.902. The molecule has 19 heavy (non-hydrogen) atoms. The Hall–Kier alpha value is -2.07. The minimum Gasteiger partial charge on any atom is -0.486 e. The van der Waals surface area contributed by atoms with Crippen molar-refractivity contribution in [1.82, 2.24) is 0 Å². The van der Waals surface area contributed by atoms with Crippen molar-refractivity contribution >= 4 is 0 Å². The van der Waals surface area contributed by atoms with Crippen molar-refractivity contribution in [3.63, 3.8) is 0 Å². The van der Waals surface area contributed by atoms with Gasteiger partial charge in [-0.3, -0.25) is 0 Å². The normalized spacial score (nSPS) is 13.4. The van der Waals surface area contributed by atoms with Crippen LogP contribution in [0.3, 0.4) is 0 Å². The van der Waals surface area contributed by atoms with Gasteiger partial charge in [-0.25, -0.2) is 4.39 Å². The molecular formula is C15H13FO3. The molecule has 0 radical (unpaired) electrons. The topological polar surface area (TPSA) is 38.7 Å². The summed E-state index contributed by atoms with van der Waals surface area (Å²) in [5, 5.41) is 9.12. The number of hydrogen-bond acceptors (Lipinski definition) is 3. The zero-order valence-electron chi connectivity index (χ0n) is 10.2. The van der Waals surface area contributed by atoms with Gasteiger partial charge in [-0.05, 0) is 35.4 Å². The Morgan fingerprint density at radius 3 is 2.58 bits per heavy atom. The number of hydrogen-bond donors (Lipinski definition) is 1. The first-order chi connectivity index (χ1) is 9.28. The van der Waals surface area contributed by atoms with E-state index in [0.717, 1.165) is 0 Å². The molecule has 3 rings (SSSR count). The zero-order chi connectivity index (χ0) is 13.2. The van der Waals surface area contributed by atoms with Gasteiger partial charge in [0.1, 0.15) is 19.0 Å². The van der Waals surface area contributed by atoms with E-state index in [4.69, 9.17) is 14.6 Å². The van der Waals surface area contributed by atoms with Crippen molar-refractivity contribution < 1.29 is 19.0 Å². The molecule has 0 aromatic heterocycles. The van der Waals surface area contributed by atoms with Crippen LogP contribution in [0.5, 0.6) is 11.5 Å². The second-order valence-electron chi connectivity index (χ2n) is 4.33. The first kappa shape index (κ1) is 12.0. The van der Waals surface area contributed by atoms with Gasteiger partial charge in [0.05, 0.1) is 6.61 Å². The van der Waals surface area contributed by atoms with Crippen LogP contribution in [-0.2, 0) is 6.61 Å². The molecule has 0 fully saturated rings. The van der Waals surface area contributed by atoms with Gasteiger partial charge in [0.25, 0.3) is 0 Å². The number of aliphatic hydroxyl groups excluding tert-OH is 1. The minimum atomic E-state index is -0.325. The highest BCUT2D eigenvalue weighted by molar-refractivity contribution is 5.68. The molecule has 0 amide bonds. The first-order valence-electron chi connectivity index (χ1n) is 6.07. The van der Waals surface area contributed by atoms with E-state index in [1.54, 1.807) is 30.3 Å². The van der Waals surface area contributed by atoms with Gasteiger partial charge in [-0.1, -0.05) is 12.1 Å². The van der Waals surface area contributed by atoms with E-state index in [2.05, 4.69) is 0 Å². The Labute approximate surface area is 110 Å². The fourth-order valence-corrected chi connectivity index (χ4v) is 2.10. The van der Waals surface area contributed by atoms with Gasteiger partial charge >= 0.3 is 0 Å². The Kier molecular flexibility index (Phi) is 3.09. The predicted octanol–water partition coefficient (Wildman–Crippen LogP) is 2.76. The maximum Gasteiger partial charge on any atom is 0.161 e. The molecule has 0 atom stereocenters. The van der Waals surface area contributed by atoms with E-state index in [0.29, 0.717) is 41.4 Å². The Morgan fingerprint density at radius 2 is 1.79 bits per heavy atom. The van der Waals surface area contributed by atoms with Crippen LogP contribution >= 0.6 is 0 Å². The van der Waals surface area contributed by atoms with E-state index in [-0.39, 0.29) is 12.4 Å². The third kappa shape index (κ3) is 2.27. The summed E-state index contributed by atoms with van der Waals surface area (Å²) in [6, 6.07) is 9.88. The molecule has 1 N–H and O–H groups in total. The molecule has 1 heterocycles. The van der Waals surface area contributed by atoms with Crippen molar-refractivity contribution in [2.75, 3.05) is 13.2 Å². The smallest absolute Gasteiger partial charge is 0.161 e. The van der Waals surface area contributed by atoms with Crippen molar-refractivity contribution in [3.05, 3.63) is 47.8 Å². The van der Waals surface area contributed by atoms with Crippen LogP contribution in [0.2, 0.25) is 0 Å². The number of fused-ring (bicyclic) bond motifs is 1. The lowest BCUT2D eigenvalue weighted by Crippen LogP contribution is -2.15. The second kappa shape index (κ2) is 4.90. The largest absolute Gasteiger partial charge is 0.486 e. The SMILES string of the molecule is OCc1ccc(F)c(-c2ccc3c(c2)OCCO3)c1. The zero-order valence-corrected chi connectivity index (χ0v) is 10.2. The van der Waals surface area contributed by atoms with Crippen LogP contribution < -0.4 is 9.47 Å². The van der Waals surface area contributed by atoms with E-state index in [1.807, 2.05) is 0 Å². The summed E-state index contributed by atoms with van der Waals surface area (Å²) in [7, 11) is 0. The molecule has 4 heteroatoms. The molecule has 3 nitrogen and oxygen atoms in total. The van der Waals surface area contributed by atoms with Crippen LogP contribution in [0.4, 0.5) is 4.39 Å². The highest BCUT2D eigenvalue weighted by atomic mass is 19.1. The van der Waals surface area contributed by atoms with E-state index in [1.165, 1.54) is 6.07 Å². The fourth-order valence-electron chi connectivity index (χ4n) is 2.10. The number of halogens is 1. The molecule has 1 aliphatic heterocycles. The third-order valence-corrected chi connectivity index (χ3v) is 3.07. The lowest BCUT2D eigenvalue weighted by atomic mass is 10.0. The summed E-state index contributed by atoms with van der Waals surface area (Å²) >= 11 is 0. The van der Waals surface area contributed by atoms with Crippen LogP contribution in [0.1, 0.15) is 5.56 Å². The molecule has 0 aliphatic carbocycles. The summed E-state index contributed by atoms with van der Waals surface area (Å²) in [6.07, 6.45) is 0. The highest BCUT2D eigenvalue weighted by Crippen LogP contribution is 2.35. The molecule has 0 saturated carbocycles. The van der Waals surface area contributed by atoms with Gasteiger partial charge in [-0.2, -0.15) is 0 Å². The van der Waals surface area contributed by atoms with Crippen molar-refractivity contribution in [3.8, 4) is 22.6 Å². The third-order valence-electron chi connectivity index (χ3n) is 3.07. The van der Waals surface area contributed by atoms with Gasteiger partial charge in [0.2, 0.25) is 0 Å². The first-order valence-corrected chi connectivity index (χ1v) is 6.07. The van der Waals surface area contributed by atoms with E-state index in [9.17, 15) is 4.39 Å². The minimum absolute atomic E-state index is 0.113. The molecule has 0 unspecified atom stereocenters. The maximum absolute atomic E-state index is 13.9. The lowest BCUT2D eigenvalue weighted by molar-refractivity contribution is 0.171. The number of benzene rings is 2. The molecule has 2 aromatic carbocycles. The standard InChI is InChI=1S/C15H13FO3/c16-13-3-1-10(9-17)7-12(13)11-2-4-14-15(8-11)19-6-5-18-14/h1-4,7-8,17H,5-6,9H2. The molecular weight excluding hydrogens is 247 g/mol. The summed E-state index contributed by atoms with van der Waals surface area (Å²) in [5.74, 6) is 0.972. The monoisotopic (exact) mass is 260 g/mol. The summed E-state index contributed by atoms with van der Waals surface area (Å²) < 4.78 is 24.8. The Morgan fingerprint density at radius 1 is 1.00 bits per heavy atom. The summed E-state index contributed by atoms with van der Waals surface area (Å²) in [6.45, 7) is 0.911. The molecule has 2 aromatic rings. The second-order valence-corrected chi connectivity index (χ2v) is 4.33. The number of rotatable bonds is 2. The van der Waals surface area contributed by atoms with Gasteiger partial charge in [0, 0.05) is 5.56 Å². The average Bonchev–Trinajstić information content (AvgIpc) is 2.47. The number of aliphatic hydroxyl groups is 1. The van der Waals surface area contributed by atoms with Crippen LogP contribution in [0.25, 0.3) is 11.1 Å². The number of ether oxygens (including phenoxy) is 2. The molecule has 0 saturated heterocycles. The van der Waals surface area contributed by atoms with Gasteiger partial charge in [0.15, 0.2) is 11.5 Å². The van der Waals surface area contributed by atoms with Crippen molar-refractivity contribution in [2.24, 2.45) is 0 Å². The van der Waals surface area contributed by atoms with Crippen LogP contribution in [0.15, 0.2) is 36.4 Å². The molecule has 98 valence electrons. The molecule has 0 spiro atoms. The summed E-state index contributed by atoms with van der Waals surface area (Å²) in [4.78, 5) is 0. The molecule has 1 aliphatic rings. The molecule has 0 bridgehead atoms.